The molecule has 7 nitrogen and oxygen atoms in total. The number of hydrogen-bond donors (Lipinski definition) is 0. The predicted molar refractivity (Wildman–Crippen MR) is 129 cm³/mol. The third-order valence-corrected chi connectivity index (χ3v) is 8.37. The second-order valence-electron chi connectivity index (χ2n) is 8.57. The van der Waals surface area contributed by atoms with Crippen LogP contribution in [0.4, 0.5) is 0 Å². The molecule has 0 unspecified atom stereocenters. The van der Waals surface area contributed by atoms with Crippen LogP contribution < -0.4 is 0 Å². The van der Waals surface area contributed by atoms with Crippen LogP contribution in [0.1, 0.15) is 36.0 Å². The SMILES string of the molecule is Cc1sc2nc(CN3CCC(C)CC3)nc(Sc3nnc(-c4ccncc4)n3C)c2c1C. The molecule has 0 aromatic carbocycles. The summed E-state index contributed by atoms with van der Waals surface area (Å²) in [4.78, 5) is 18.9. The first-order valence-corrected chi connectivity index (χ1v) is 12.6. The predicted octanol–water partition coefficient (Wildman–Crippen LogP) is 4.88. The molecule has 0 saturated carbocycles. The summed E-state index contributed by atoms with van der Waals surface area (Å²) in [5.74, 6) is 2.53. The Hall–Kier alpha value is -2.36. The lowest BCUT2D eigenvalue weighted by Crippen LogP contribution is -2.33. The van der Waals surface area contributed by atoms with Gasteiger partial charge in [-0.05, 0) is 75.2 Å². The number of pyridine rings is 1. The van der Waals surface area contributed by atoms with Crippen molar-refractivity contribution in [3.63, 3.8) is 0 Å². The molecule has 4 aromatic rings. The highest BCUT2D eigenvalue weighted by atomic mass is 32.2. The molecule has 0 spiro atoms. The van der Waals surface area contributed by atoms with Gasteiger partial charge in [-0.15, -0.1) is 21.5 Å². The van der Waals surface area contributed by atoms with E-state index in [1.54, 1.807) is 35.5 Å². The molecule has 32 heavy (non-hydrogen) atoms. The van der Waals surface area contributed by atoms with Crippen LogP contribution in [0.3, 0.4) is 0 Å². The van der Waals surface area contributed by atoms with E-state index in [1.807, 2.05) is 23.7 Å². The van der Waals surface area contributed by atoms with E-state index in [-0.39, 0.29) is 0 Å². The van der Waals surface area contributed by atoms with Crippen molar-refractivity contribution in [2.24, 2.45) is 13.0 Å². The lowest BCUT2D eigenvalue weighted by atomic mass is 9.99. The van der Waals surface area contributed by atoms with Crippen LogP contribution in [0.5, 0.6) is 0 Å². The van der Waals surface area contributed by atoms with E-state index in [0.29, 0.717) is 0 Å². The fourth-order valence-corrected chi connectivity index (χ4v) is 6.16. The number of nitrogens with zero attached hydrogens (tertiary/aromatic N) is 7. The molecule has 1 saturated heterocycles. The highest BCUT2D eigenvalue weighted by molar-refractivity contribution is 7.99. The highest BCUT2D eigenvalue weighted by Gasteiger charge is 2.21. The monoisotopic (exact) mass is 465 g/mol. The molecule has 0 bridgehead atoms. The summed E-state index contributed by atoms with van der Waals surface area (Å²) in [5, 5.41) is 11.8. The summed E-state index contributed by atoms with van der Waals surface area (Å²) in [6.07, 6.45) is 6.04. The van der Waals surface area contributed by atoms with Crippen LogP contribution in [0, 0.1) is 19.8 Å². The molecule has 4 aromatic heterocycles. The molecule has 0 aliphatic carbocycles. The van der Waals surface area contributed by atoms with Crippen molar-refractivity contribution in [2.45, 2.75) is 50.3 Å². The van der Waals surface area contributed by atoms with Crippen molar-refractivity contribution in [1.29, 1.82) is 0 Å². The van der Waals surface area contributed by atoms with Gasteiger partial charge in [0.15, 0.2) is 11.0 Å². The van der Waals surface area contributed by atoms with Gasteiger partial charge in [0.25, 0.3) is 0 Å². The molecule has 0 amide bonds. The summed E-state index contributed by atoms with van der Waals surface area (Å²) in [6.45, 7) is 9.69. The van der Waals surface area contributed by atoms with Gasteiger partial charge in [-0.2, -0.15) is 0 Å². The lowest BCUT2D eigenvalue weighted by Gasteiger charge is -2.29. The minimum absolute atomic E-state index is 0.799. The first-order chi connectivity index (χ1) is 15.5. The molecule has 1 aliphatic heterocycles. The van der Waals surface area contributed by atoms with E-state index in [9.17, 15) is 0 Å². The van der Waals surface area contributed by atoms with Gasteiger partial charge >= 0.3 is 0 Å². The maximum absolute atomic E-state index is 5.03. The molecule has 0 radical (unpaired) electrons. The molecule has 5 heterocycles. The van der Waals surface area contributed by atoms with Crippen molar-refractivity contribution in [2.75, 3.05) is 13.1 Å². The standard InChI is InChI=1S/C23H27N7S2/c1-14-7-11-30(12-8-14)13-18-25-21-19(15(2)16(3)31-21)22(26-18)32-23-28-27-20(29(23)4)17-5-9-24-10-6-17/h5-6,9-10,14H,7-8,11-13H2,1-4H3. The molecule has 1 fully saturated rings. The normalized spacial score (nSPS) is 15.6. The zero-order valence-corrected chi connectivity index (χ0v) is 20.5. The Morgan fingerprint density at radius 2 is 1.84 bits per heavy atom. The maximum atomic E-state index is 5.03. The van der Waals surface area contributed by atoms with E-state index in [1.165, 1.54) is 23.3 Å². The third-order valence-electron chi connectivity index (χ3n) is 6.24. The van der Waals surface area contributed by atoms with E-state index in [0.717, 1.165) is 63.2 Å². The van der Waals surface area contributed by atoms with Crippen LogP contribution in [0.15, 0.2) is 34.7 Å². The van der Waals surface area contributed by atoms with Crippen LogP contribution in [-0.2, 0) is 13.6 Å². The van der Waals surface area contributed by atoms with E-state index < -0.39 is 0 Å². The van der Waals surface area contributed by atoms with Gasteiger partial charge in [-0.1, -0.05) is 6.92 Å². The molecule has 5 rings (SSSR count). The van der Waals surface area contributed by atoms with Gasteiger partial charge < -0.3 is 4.57 Å². The van der Waals surface area contributed by atoms with Gasteiger partial charge in [0.05, 0.1) is 6.54 Å². The molecular formula is C23H27N7S2. The Labute approximate surface area is 196 Å². The first kappa shape index (κ1) is 21.5. The van der Waals surface area contributed by atoms with Crippen molar-refractivity contribution in [3.8, 4) is 11.4 Å². The highest BCUT2D eigenvalue weighted by Crippen LogP contribution is 2.38. The Morgan fingerprint density at radius 3 is 2.59 bits per heavy atom. The quantitative estimate of drug-likeness (QED) is 0.389. The lowest BCUT2D eigenvalue weighted by molar-refractivity contribution is 0.181. The van der Waals surface area contributed by atoms with E-state index in [4.69, 9.17) is 9.97 Å². The van der Waals surface area contributed by atoms with Crippen molar-refractivity contribution in [3.05, 3.63) is 40.8 Å². The van der Waals surface area contributed by atoms with Gasteiger partial charge in [-0.25, -0.2) is 9.97 Å². The summed E-state index contributed by atoms with van der Waals surface area (Å²) in [7, 11) is 2.00. The largest absolute Gasteiger partial charge is 0.305 e. The van der Waals surface area contributed by atoms with Gasteiger partial charge in [0.1, 0.15) is 15.7 Å². The average Bonchev–Trinajstić information content (AvgIpc) is 3.29. The Morgan fingerprint density at radius 1 is 1.09 bits per heavy atom. The molecule has 0 atom stereocenters. The van der Waals surface area contributed by atoms with Crippen molar-refractivity contribution < 1.29 is 0 Å². The van der Waals surface area contributed by atoms with Crippen LogP contribution in [-0.4, -0.2) is 47.7 Å². The number of rotatable bonds is 5. The third kappa shape index (κ3) is 4.16. The fraction of sp³-hybridized carbons (Fsp3) is 0.435. The van der Waals surface area contributed by atoms with Gasteiger partial charge in [0.2, 0.25) is 0 Å². The van der Waals surface area contributed by atoms with E-state index in [2.05, 4.69) is 40.9 Å². The molecule has 166 valence electrons. The first-order valence-electron chi connectivity index (χ1n) is 11.0. The number of likely N-dealkylation sites (tertiary alicyclic amines) is 1. The van der Waals surface area contributed by atoms with E-state index >= 15 is 0 Å². The van der Waals surface area contributed by atoms with Crippen molar-refractivity contribution in [1.82, 2.24) is 34.6 Å². The van der Waals surface area contributed by atoms with Crippen LogP contribution in [0.2, 0.25) is 0 Å². The van der Waals surface area contributed by atoms with Crippen molar-refractivity contribution >= 4 is 33.3 Å². The summed E-state index contributed by atoms with van der Waals surface area (Å²) < 4.78 is 2.02. The fourth-order valence-electron chi connectivity index (χ4n) is 4.06. The number of aryl methyl sites for hydroxylation is 2. The zero-order chi connectivity index (χ0) is 22.2. The Kier molecular flexibility index (Phi) is 5.96. The average molecular weight is 466 g/mol. The second kappa shape index (κ2) is 8.88. The zero-order valence-electron chi connectivity index (χ0n) is 18.9. The Bertz CT molecular complexity index is 1240. The number of piperidine rings is 1. The topological polar surface area (TPSA) is 72.6 Å². The summed E-state index contributed by atoms with van der Waals surface area (Å²) >= 11 is 3.33. The van der Waals surface area contributed by atoms with Gasteiger partial charge in [-0.3, -0.25) is 9.88 Å². The summed E-state index contributed by atoms with van der Waals surface area (Å²) in [5.41, 5.74) is 2.25. The summed E-state index contributed by atoms with van der Waals surface area (Å²) in [6, 6.07) is 3.90. The molecule has 0 N–H and O–H groups in total. The molecular weight excluding hydrogens is 438 g/mol. The van der Waals surface area contributed by atoms with Gasteiger partial charge in [0, 0.05) is 35.3 Å². The number of hydrogen-bond acceptors (Lipinski definition) is 8. The van der Waals surface area contributed by atoms with Crippen LogP contribution in [0.25, 0.3) is 21.6 Å². The maximum Gasteiger partial charge on any atom is 0.197 e. The minimum Gasteiger partial charge on any atom is -0.305 e. The number of fused-ring (bicyclic) bond motifs is 1. The second-order valence-corrected chi connectivity index (χ2v) is 10.7. The minimum atomic E-state index is 0.799. The molecule has 9 heteroatoms. The Balaban J connectivity index is 1.49. The molecule has 1 aliphatic rings. The van der Waals surface area contributed by atoms with Crippen LogP contribution >= 0.6 is 23.1 Å². The number of aromatic nitrogens is 6. The smallest absolute Gasteiger partial charge is 0.197 e. The number of thiophene rings is 1.